The molecule has 4 aromatic rings. The van der Waals surface area contributed by atoms with E-state index in [0.717, 1.165) is 5.56 Å². The predicted molar refractivity (Wildman–Crippen MR) is 104 cm³/mol. The molecular formula is C20H15N5O4. The maximum Gasteiger partial charge on any atom is 0.332 e. The van der Waals surface area contributed by atoms with Crippen molar-refractivity contribution >= 4 is 17.1 Å². The molecule has 3 heterocycles. The molecule has 0 saturated heterocycles. The molecule has 3 N–H and O–H groups in total. The number of carbonyl (C=O) groups excluding carboxylic acids is 1. The summed E-state index contributed by atoms with van der Waals surface area (Å²) in [5.41, 5.74) is 7.65. The largest absolute Gasteiger partial charge is 0.454 e. The molecule has 9 heteroatoms. The summed E-state index contributed by atoms with van der Waals surface area (Å²) in [6.45, 7) is 2.06. The molecular weight excluding hydrogens is 374 g/mol. The number of benzene rings is 2. The monoisotopic (exact) mass is 389 g/mol. The topological polar surface area (TPSA) is 125 Å². The van der Waals surface area contributed by atoms with Gasteiger partial charge in [0.15, 0.2) is 28.7 Å². The normalized spacial score (nSPS) is 12.4. The van der Waals surface area contributed by atoms with Gasteiger partial charge in [0.2, 0.25) is 6.79 Å². The lowest BCUT2D eigenvalue weighted by molar-refractivity contribution is 0.0997. The first kappa shape index (κ1) is 17.0. The summed E-state index contributed by atoms with van der Waals surface area (Å²) in [5.74, 6) is 0.648. The first-order chi connectivity index (χ1) is 14.0. The number of nitrogens with zero attached hydrogens (tertiary/aromatic N) is 3. The highest BCUT2D eigenvalue weighted by molar-refractivity contribution is 6.02. The second kappa shape index (κ2) is 6.20. The van der Waals surface area contributed by atoms with Crippen molar-refractivity contribution in [2.24, 2.45) is 5.73 Å². The van der Waals surface area contributed by atoms with Crippen molar-refractivity contribution in [3.63, 3.8) is 0 Å². The van der Waals surface area contributed by atoms with Crippen molar-refractivity contribution in [2.75, 3.05) is 6.79 Å². The molecule has 2 aromatic heterocycles. The van der Waals surface area contributed by atoms with Crippen molar-refractivity contribution in [1.82, 2.24) is 19.5 Å². The molecule has 0 atom stereocenters. The Balaban J connectivity index is 1.80. The third-order valence-corrected chi connectivity index (χ3v) is 4.66. The van der Waals surface area contributed by atoms with Crippen LogP contribution >= 0.6 is 0 Å². The zero-order valence-corrected chi connectivity index (χ0v) is 15.3. The van der Waals surface area contributed by atoms with E-state index < -0.39 is 11.6 Å². The Morgan fingerprint density at radius 1 is 1.14 bits per heavy atom. The molecule has 2 aromatic carbocycles. The number of imidazole rings is 1. The van der Waals surface area contributed by atoms with Gasteiger partial charge in [-0.2, -0.15) is 0 Å². The van der Waals surface area contributed by atoms with E-state index in [4.69, 9.17) is 15.2 Å². The van der Waals surface area contributed by atoms with Crippen LogP contribution in [-0.4, -0.2) is 32.2 Å². The Hall–Kier alpha value is -4.14. The van der Waals surface area contributed by atoms with Gasteiger partial charge in [-0.1, -0.05) is 23.8 Å². The highest BCUT2D eigenvalue weighted by Crippen LogP contribution is 2.34. The standard InChI is InChI=1S/C20H15N5O4/c1-10-3-2-4-11(7-10)18-22-15(17(21)26)16-19(24-18)25(20(27)23-16)12-5-6-13-14(8-12)29-9-28-13/h2-8H,9H2,1H3,(H2,21,26)(H,23,27). The Morgan fingerprint density at radius 2 is 1.97 bits per heavy atom. The quantitative estimate of drug-likeness (QED) is 0.551. The fourth-order valence-electron chi connectivity index (χ4n) is 3.34. The van der Waals surface area contributed by atoms with E-state index >= 15 is 0 Å². The number of fused-ring (bicyclic) bond motifs is 2. The Kier molecular flexibility index (Phi) is 3.63. The Bertz CT molecular complexity index is 1350. The number of ether oxygens (including phenoxy) is 2. The maximum atomic E-state index is 12.7. The minimum Gasteiger partial charge on any atom is -0.454 e. The number of hydrogen-bond acceptors (Lipinski definition) is 6. The van der Waals surface area contributed by atoms with Crippen LogP contribution in [0.2, 0.25) is 0 Å². The summed E-state index contributed by atoms with van der Waals surface area (Å²) in [5, 5.41) is 0. The zero-order valence-electron chi connectivity index (χ0n) is 15.3. The van der Waals surface area contributed by atoms with Gasteiger partial charge in [-0.15, -0.1) is 0 Å². The van der Waals surface area contributed by atoms with E-state index in [0.29, 0.717) is 28.6 Å². The van der Waals surface area contributed by atoms with Crippen LogP contribution in [0.25, 0.3) is 28.2 Å². The van der Waals surface area contributed by atoms with Crippen molar-refractivity contribution in [2.45, 2.75) is 6.92 Å². The SMILES string of the molecule is Cc1cccc(-c2nc(C(N)=O)c3[nH]c(=O)n(-c4ccc5c(c4)OCO5)c3n2)c1. The van der Waals surface area contributed by atoms with E-state index in [1.54, 1.807) is 18.2 Å². The number of aryl methyl sites for hydroxylation is 1. The summed E-state index contributed by atoms with van der Waals surface area (Å²) in [6.07, 6.45) is 0. The van der Waals surface area contributed by atoms with Gasteiger partial charge in [-0.05, 0) is 25.1 Å². The second-order valence-electron chi connectivity index (χ2n) is 6.63. The van der Waals surface area contributed by atoms with Gasteiger partial charge in [0.05, 0.1) is 5.69 Å². The zero-order chi connectivity index (χ0) is 20.1. The van der Waals surface area contributed by atoms with Crippen LogP contribution in [0.15, 0.2) is 47.3 Å². The number of amides is 1. The highest BCUT2D eigenvalue weighted by Gasteiger charge is 2.22. The molecule has 9 nitrogen and oxygen atoms in total. The van der Waals surface area contributed by atoms with Crippen molar-refractivity contribution in [1.29, 1.82) is 0 Å². The van der Waals surface area contributed by atoms with E-state index in [9.17, 15) is 9.59 Å². The van der Waals surface area contributed by atoms with Gasteiger partial charge in [-0.25, -0.2) is 19.3 Å². The van der Waals surface area contributed by atoms with Crippen LogP contribution in [0, 0.1) is 6.92 Å². The first-order valence-corrected chi connectivity index (χ1v) is 8.81. The van der Waals surface area contributed by atoms with Gasteiger partial charge in [0.25, 0.3) is 5.91 Å². The van der Waals surface area contributed by atoms with Gasteiger partial charge in [0, 0.05) is 11.6 Å². The number of rotatable bonds is 3. The smallest absolute Gasteiger partial charge is 0.332 e. The van der Waals surface area contributed by atoms with Crippen LogP contribution in [0.4, 0.5) is 0 Å². The summed E-state index contributed by atoms with van der Waals surface area (Å²) >= 11 is 0. The number of hydrogen-bond donors (Lipinski definition) is 2. The molecule has 29 heavy (non-hydrogen) atoms. The van der Waals surface area contributed by atoms with E-state index in [2.05, 4.69) is 15.0 Å². The lowest BCUT2D eigenvalue weighted by Crippen LogP contribution is -2.15. The number of aromatic amines is 1. The molecule has 0 saturated carbocycles. The first-order valence-electron chi connectivity index (χ1n) is 8.81. The summed E-state index contributed by atoms with van der Waals surface area (Å²) in [6, 6.07) is 12.6. The van der Waals surface area contributed by atoms with E-state index in [1.807, 2.05) is 31.2 Å². The number of carbonyl (C=O) groups is 1. The van der Waals surface area contributed by atoms with E-state index in [1.165, 1.54) is 4.57 Å². The lowest BCUT2D eigenvalue weighted by Gasteiger charge is -2.07. The molecule has 5 rings (SSSR count). The minimum atomic E-state index is -0.759. The predicted octanol–water partition coefficient (Wildman–Crippen LogP) is 1.91. The fraction of sp³-hybridized carbons (Fsp3) is 0.100. The number of H-pyrrole nitrogens is 1. The van der Waals surface area contributed by atoms with E-state index in [-0.39, 0.29) is 23.7 Å². The third-order valence-electron chi connectivity index (χ3n) is 4.66. The molecule has 0 fully saturated rings. The molecule has 144 valence electrons. The third kappa shape index (κ3) is 2.71. The lowest BCUT2D eigenvalue weighted by atomic mass is 10.1. The second-order valence-corrected chi connectivity index (χ2v) is 6.63. The van der Waals surface area contributed by atoms with Gasteiger partial charge in [0.1, 0.15) is 5.52 Å². The number of nitrogens with two attached hydrogens (primary N) is 1. The van der Waals surface area contributed by atoms with Crippen LogP contribution in [0.5, 0.6) is 11.5 Å². The molecule has 0 aliphatic carbocycles. The van der Waals surface area contributed by atoms with Crippen molar-refractivity contribution in [3.8, 4) is 28.6 Å². The average Bonchev–Trinajstić information content (AvgIpc) is 3.29. The average molecular weight is 389 g/mol. The molecule has 0 radical (unpaired) electrons. The fourth-order valence-corrected chi connectivity index (χ4v) is 3.34. The van der Waals surface area contributed by atoms with Crippen LogP contribution in [-0.2, 0) is 0 Å². The molecule has 0 spiro atoms. The molecule has 0 bridgehead atoms. The summed E-state index contributed by atoms with van der Waals surface area (Å²) in [7, 11) is 0. The molecule has 0 unspecified atom stereocenters. The van der Waals surface area contributed by atoms with Gasteiger partial charge in [-0.3, -0.25) is 4.79 Å². The number of aromatic nitrogens is 4. The minimum absolute atomic E-state index is 0.0527. The van der Waals surface area contributed by atoms with Crippen LogP contribution < -0.4 is 20.9 Å². The van der Waals surface area contributed by atoms with Crippen LogP contribution in [0.1, 0.15) is 16.1 Å². The molecule has 1 aliphatic heterocycles. The maximum absolute atomic E-state index is 12.7. The van der Waals surface area contributed by atoms with Crippen LogP contribution in [0.3, 0.4) is 0 Å². The molecule has 1 aliphatic rings. The number of nitrogens with one attached hydrogen (secondary N) is 1. The number of primary amides is 1. The Labute approximate surface area is 163 Å². The van der Waals surface area contributed by atoms with Crippen molar-refractivity contribution < 1.29 is 14.3 Å². The summed E-state index contributed by atoms with van der Waals surface area (Å²) < 4.78 is 12.1. The van der Waals surface area contributed by atoms with Crippen molar-refractivity contribution in [3.05, 3.63) is 64.2 Å². The Morgan fingerprint density at radius 3 is 2.76 bits per heavy atom. The van der Waals surface area contributed by atoms with Gasteiger partial charge >= 0.3 is 5.69 Å². The summed E-state index contributed by atoms with van der Waals surface area (Å²) in [4.78, 5) is 36.3. The highest BCUT2D eigenvalue weighted by atomic mass is 16.7. The molecule has 1 amide bonds. The van der Waals surface area contributed by atoms with Gasteiger partial charge < -0.3 is 20.2 Å².